The third-order valence-corrected chi connectivity index (χ3v) is 6.84. The highest BCUT2D eigenvalue weighted by atomic mass is 19.4. The Morgan fingerprint density at radius 1 is 1.03 bits per heavy atom. The first-order valence-corrected chi connectivity index (χ1v) is 12.1. The normalized spacial score (nSPS) is 22.3. The Labute approximate surface area is 203 Å². The first-order chi connectivity index (χ1) is 16.7. The molecule has 7 nitrogen and oxygen atoms in total. The van der Waals surface area contributed by atoms with E-state index in [2.05, 4.69) is 39.1 Å². The molecule has 3 heterocycles. The standard InChI is InChI=1S/C25H32F3N5O2/c1-18-15-33(19(2)14-32(18)23-29-12-22(13-30-23)25(26,27)28)24(34)35-17-21-8-10-31(11-9-21)16-20-6-4-3-5-7-20/h3-7,12-13,18-19,21H,8-11,14-17H2,1-2H3/t18-,19+/m0/s1. The van der Waals surface area contributed by atoms with Gasteiger partial charge in [-0.1, -0.05) is 30.3 Å². The van der Waals surface area contributed by atoms with Crippen molar-refractivity contribution < 1.29 is 22.7 Å². The summed E-state index contributed by atoms with van der Waals surface area (Å²) in [6.07, 6.45) is -1.24. The van der Waals surface area contributed by atoms with Gasteiger partial charge in [-0.25, -0.2) is 14.8 Å². The zero-order valence-corrected chi connectivity index (χ0v) is 20.1. The molecule has 2 saturated heterocycles. The van der Waals surface area contributed by atoms with Gasteiger partial charge in [0.2, 0.25) is 5.95 Å². The molecule has 0 bridgehead atoms. The fourth-order valence-corrected chi connectivity index (χ4v) is 4.70. The number of ether oxygens (including phenoxy) is 1. The first kappa shape index (κ1) is 25.2. The van der Waals surface area contributed by atoms with Gasteiger partial charge in [0.15, 0.2) is 0 Å². The van der Waals surface area contributed by atoms with Gasteiger partial charge in [0.1, 0.15) is 0 Å². The van der Waals surface area contributed by atoms with Crippen LogP contribution in [-0.2, 0) is 17.5 Å². The van der Waals surface area contributed by atoms with Crippen LogP contribution in [0.1, 0.15) is 37.8 Å². The van der Waals surface area contributed by atoms with Gasteiger partial charge >= 0.3 is 12.3 Å². The number of piperazine rings is 1. The van der Waals surface area contributed by atoms with E-state index < -0.39 is 11.7 Å². The molecule has 1 aromatic carbocycles. The smallest absolute Gasteiger partial charge is 0.419 e. The van der Waals surface area contributed by atoms with Gasteiger partial charge in [-0.3, -0.25) is 4.90 Å². The van der Waals surface area contributed by atoms with Gasteiger partial charge in [0, 0.05) is 44.1 Å². The number of anilines is 1. The average molecular weight is 492 g/mol. The number of likely N-dealkylation sites (tertiary alicyclic amines) is 1. The summed E-state index contributed by atoms with van der Waals surface area (Å²) in [5, 5.41) is 0. The maximum absolute atomic E-state index is 12.8. The van der Waals surface area contributed by atoms with Crippen LogP contribution in [0, 0.1) is 5.92 Å². The highest BCUT2D eigenvalue weighted by Gasteiger charge is 2.36. The van der Waals surface area contributed by atoms with Gasteiger partial charge in [-0.15, -0.1) is 0 Å². The molecule has 0 saturated carbocycles. The average Bonchev–Trinajstić information content (AvgIpc) is 2.85. The summed E-state index contributed by atoms with van der Waals surface area (Å²) in [5.74, 6) is 0.577. The van der Waals surface area contributed by atoms with E-state index in [1.807, 2.05) is 24.8 Å². The summed E-state index contributed by atoms with van der Waals surface area (Å²) >= 11 is 0. The minimum atomic E-state index is -4.47. The van der Waals surface area contributed by atoms with E-state index in [1.54, 1.807) is 4.90 Å². The van der Waals surface area contributed by atoms with E-state index in [1.165, 1.54) is 5.56 Å². The molecule has 4 rings (SSSR count). The van der Waals surface area contributed by atoms with Gasteiger partial charge in [-0.2, -0.15) is 13.2 Å². The molecule has 190 valence electrons. The second-order valence-corrected chi connectivity index (χ2v) is 9.55. The number of carbonyl (C=O) groups excluding carboxylic acids is 1. The Kier molecular flexibility index (Phi) is 7.78. The van der Waals surface area contributed by atoms with Gasteiger partial charge in [0.05, 0.1) is 12.2 Å². The van der Waals surface area contributed by atoms with Crippen molar-refractivity contribution in [1.29, 1.82) is 0 Å². The third kappa shape index (κ3) is 6.42. The summed E-state index contributed by atoms with van der Waals surface area (Å²) < 4.78 is 44.1. The predicted molar refractivity (Wildman–Crippen MR) is 126 cm³/mol. The molecule has 2 aliphatic rings. The molecule has 35 heavy (non-hydrogen) atoms. The van der Waals surface area contributed by atoms with E-state index in [0.29, 0.717) is 25.6 Å². The number of benzene rings is 1. The van der Waals surface area contributed by atoms with Gasteiger partial charge < -0.3 is 14.5 Å². The lowest BCUT2D eigenvalue weighted by atomic mass is 9.97. The minimum Gasteiger partial charge on any atom is -0.449 e. The van der Waals surface area contributed by atoms with Gasteiger partial charge in [0.25, 0.3) is 0 Å². The maximum atomic E-state index is 12.8. The third-order valence-electron chi connectivity index (χ3n) is 6.84. The van der Waals surface area contributed by atoms with E-state index in [-0.39, 0.29) is 24.1 Å². The molecule has 10 heteroatoms. The Morgan fingerprint density at radius 2 is 1.69 bits per heavy atom. The van der Waals surface area contributed by atoms with Crippen molar-refractivity contribution in [1.82, 2.24) is 19.8 Å². The summed E-state index contributed by atoms with van der Waals surface area (Å²) in [6.45, 7) is 7.91. The Balaban J connectivity index is 1.23. The second kappa shape index (κ2) is 10.8. The van der Waals surface area contributed by atoms with Crippen LogP contribution in [0.15, 0.2) is 42.7 Å². The first-order valence-electron chi connectivity index (χ1n) is 12.1. The number of hydrogen-bond donors (Lipinski definition) is 0. The number of rotatable bonds is 5. The minimum absolute atomic E-state index is 0.156. The quantitative estimate of drug-likeness (QED) is 0.616. The van der Waals surface area contributed by atoms with E-state index >= 15 is 0 Å². The van der Waals surface area contributed by atoms with Gasteiger partial charge in [-0.05, 0) is 51.3 Å². The zero-order valence-electron chi connectivity index (χ0n) is 20.1. The predicted octanol–water partition coefficient (Wildman–Crippen LogP) is 4.44. The lowest BCUT2D eigenvalue weighted by Crippen LogP contribution is -2.58. The molecule has 0 unspecified atom stereocenters. The lowest BCUT2D eigenvalue weighted by molar-refractivity contribution is -0.138. The van der Waals surface area contributed by atoms with Crippen molar-refractivity contribution in [3.05, 3.63) is 53.9 Å². The highest BCUT2D eigenvalue weighted by Crippen LogP contribution is 2.29. The molecule has 2 atom stereocenters. The summed E-state index contributed by atoms with van der Waals surface area (Å²) in [5.41, 5.74) is 0.427. The SMILES string of the molecule is C[C@@H]1CN(c2ncc(C(F)(F)F)cn2)[C@@H](C)CN1C(=O)OCC1CCN(Cc2ccccc2)CC1. The van der Waals surface area contributed by atoms with E-state index in [0.717, 1.165) is 44.9 Å². The van der Waals surface area contributed by atoms with E-state index in [9.17, 15) is 18.0 Å². The summed E-state index contributed by atoms with van der Waals surface area (Å²) in [4.78, 5) is 26.6. The largest absolute Gasteiger partial charge is 0.449 e. The van der Waals surface area contributed by atoms with Crippen LogP contribution < -0.4 is 4.90 Å². The molecule has 2 aromatic rings. The molecule has 0 spiro atoms. The number of hydrogen-bond acceptors (Lipinski definition) is 6. The highest BCUT2D eigenvalue weighted by molar-refractivity contribution is 5.68. The van der Waals surface area contributed by atoms with Crippen molar-refractivity contribution in [2.24, 2.45) is 5.92 Å². The van der Waals surface area contributed by atoms with Crippen LogP contribution in [0.3, 0.4) is 0 Å². The Hall–Kier alpha value is -2.88. The van der Waals surface area contributed by atoms with E-state index in [4.69, 9.17) is 4.74 Å². The van der Waals surface area contributed by atoms with Crippen LogP contribution in [-0.4, -0.2) is 70.7 Å². The van der Waals surface area contributed by atoms with Crippen molar-refractivity contribution in [2.45, 2.75) is 51.5 Å². The molecule has 2 fully saturated rings. The van der Waals surface area contributed by atoms with Crippen LogP contribution >= 0.6 is 0 Å². The monoisotopic (exact) mass is 491 g/mol. The van der Waals surface area contributed by atoms with Crippen LogP contribution in [0.5, 0.6) is 0 Å². The van der Waals surface area contributed by atoms with Crippen molar-refractivity contribution in [3.63, 3.8) is 0 Å². The van der Waals surface area contributed by atoms with Crippen LogP contribution in [0.2, 0.25) is 0 Å². The van der Waals surface area contributed by atoms with Crippen LogP contribution in [0.25, 0.3) is 0 Å². The summed E-state index contributed by atoms with van der Waals surface area (Å²) in [6, 6.07) is 10.1. The number of nitrogens with zero attached hydrogens (tertiary/aromatic N) is 5. The maximum Gasteiger partial charge on any atom is 0.419 e. The van der Waals surface area contributed by atoms with Crippen molar-refractivity contribution in [3.8, 4) is 0 Å². The molecule has 0 aliphatic carbocycles. The molecule has 0 radical (unpaired) electrons. The van der Waals surface area contributed by atoms with Crippen molar-refractivity contribution >= 4 is 12.0 Å². The molecule has 1 amide bonds. The number of aromatic nitrogens is 2. The van der Waals surface area contributed by atoms with Crippen LogP contribution in [0.4, 0.5) is 23.9 Å². The number of alkyl halides is 3. The molecule has 1 aromatic heterocycles. The Bertz CT molecular complexity index is 965. The fourth-order valence-electron chi connectivity index (χ4n) is 4.70. The second-order valence-electron chi connectivity index (χ2n) is 9.55. The van der Waals surface area contributed by atoms with Crippen molar-refractivity contribution in [2.75, 3.05) is 37.7 Å². The molecular weight excluding hydrogens is 459 g/mol. The number of piperidine rings is 1. The summed E-state index contributed by atoms with van der Waals surface area (Å²) in [7, 11) is 0. The number of carbonyl (C=O) groups is 1. The lowest BCUT2D eigenvalue weighted by Gasteiger charge is -2.43. The molecule has 2 aliphatic heterocycles. The molecule has 0 N–H and O–H groups in total. The number of halogens is 3. The Morgan fingerprint density at radius 3 is 2.31 bits per heavy atom. The topological polar surface area (TPSA) is 61.8 Å². The fraction of sp³-hybridized carbons (Fsp3) is 0.560. The zero-order chi connectivity index (χ0) is 25.0. The number of amides is 1. The molecular formula is C25H32F3N5O2.